The van der Waals surface area contributed by atoms with Gasteiger partial charge in [-0.05, 0) is 93.1 Å². The van der Waals surface area contributed by atoms with E-state index >= 15 is 0 Å². The molecule has 0 aromatic carbocycles. The minimum Gasteiger partial charge on any atom is -0.481 e. The van der Waals surface area contributed by atoms with Crippen LogP contribution >= 0.6 is 0 Å². The van der Waals surface area contributed by atoms with E-state index in [9.17, 15) is 14.7 Å². The standard InChI is InChI=1S/C30H40O4/c1-18(2)23-8-9-25-24(28(23,6)13-12-26(31)32)11-15-30(25)20(4)10-14-29(30,7)21(5)17-22-16-19(3)27(33)34-22/h9,16-17,21,23-24H,1,4,8,10-15H2,2-3,5-7H3,(H,31,32)/b22-17+/t21-,23?,24?,28+,29+,30?/m1/s1. The zero-order chi connectivity index (χ0) is 25.1. The maximum atomic E-state index is 11.9. The third-order valence-corrected chi connectivity index (χ3v) is 10.1. The van der Waals surface area contributed by atoms with Crippen molar-refractivity contribution in [1.82, 2.24) is 0 Å². The first-order chi connectivity index (χ1) is 15.9. The molecule has 1 N–H and O–H groups in total. The fourth-order valence-corrected chi connectivity index (χ4v) is 8.06. The maximum absolute atomic E-state index is 11.9. The minimum absolute atomic E-state index is 0.0435. The van der Waals surface area contributed by atoms with E-state index in [1.165, 1.54) is 11.1 Å². The number of ether oxygens (including phenoxy) is 1. The van der Waals surface area contributed by atoms with Gasteiger partial charge < -0.3 is 9.84 Å². The van der Waals surface area contributed by atoms with E-state index in [1.807, 2.05) is 6.08 Å². The molecule has 0 amide bonds. The lowest BCUT2D eigenvalue weighted by Crippen LogP contribution is -2.45. The normalized spacial score (nSPS) is 39.1. The van der Waals surface area contributed by atoms with E-state index in [-0.39, 0.29) is 34.6 Å². The fraction of sp³-hybridized carbons (Fsp3) is 0.600. The Balaban J connectivity index is 1.75. The lowest BCUT2D eigenvalue weighted by atomic mass is 9.51. The molecule has 0 aromatic rings. The molecule has 4 aliphatic rings. The van der Waals surface area contributed by atoms with E-state index in [2.05, 4.69) is 53.0 Å². The van der Waals surface area contributed by atoms with Gasteiger partial charge in [-0.3, -0.25) is 4.79 Å². The van der Waals surface area contributed by atoms with Crippen LogP contribution in [0.25, 0.3) is 0 Å². The smallest absolute Gasteiger partial charge is 0.339 e. The Bertz CT molecular complexity index is 1040. The highest BCUT2D eigenvalue weighted by Gasteiger charge is 2.64. The number of esters is 1. The SMILES string of the molecule is C=C(C)C1CC=C2C(CCC23C(=C)CC[C@@]3(C)[C@H](C)/C=C2\C=C(C)C(=O)O2)[C@@]1(C)CCC(=O)O. The molecule has 34 heavy (non-hydrogen) atoms. The van der Waals surface area contributed by atoms with Crippen LogP contribution in [0.2, 0.25) is 0 Å². The Morgan fingerprint density at radius 1 is 1.35 bits per heavy atom. The van der Waals surface area contributed by atoms with Gasteiger partial charge in [0.1, 0.15) is 5.76 Å². The van der Waals surface area contributed by atoms with Crippen molar-refractivity contribution in [3.63, 3.8) is 0 Å². The number of rotatable bonds is 6. The minimum atomic E-state index is -0.727. The summed E-state index contributed by atoms with van der Waals surface area (Å²) in [5.74, 6) is 0.496. The van der Waals surface area contributed by atoms with Crippen molar-refractivity contribution in [3.8, 4) is 0 Å². The number of carbonyl (C=O) groups is 2. The van der Waals surface area contributed by atoms with Crippen LogP contribution in [0.4, 0.5) is 0 Å². The molecule has 3 unspecified atom stereocenters. The Morgan fingerprint density at radius 3 is 2.65 bits per heavy atom. The zero-order valence-electron chi connectivity index (χ0n) is 21.5. The van der Waals surface area contributed by atoms with Crippen LogP contribution < -0.4 is 0 Å². The van der Waals surface area contributed by atoms with Crippen LogP contribution in [0.1, 0.15) is 79.6 Å². The Morgan fingerprint density at radius 2 is 2.06 bits per heavy atom. The Hall–Kier alpha value is -2.36. The quantitative estimate of drug-likeness (QED) is 0.335. The summed E-state index contributed by atoms with van der Waals surface area (Å²) in [4.78, 5) is 23.5. The maximum Gasteiger partial charge on any atom is 0.339 e. The van der Waals surface area contributed by atoms with E-state index in [0.717, 1.165) is 37.7 Å². The summed E-state index contributed by atoms with van der Waals surface area (Å²) in [6.07, 6.45) is 12.4. The van der Waals surface area contributed by atoms with Crippen molar-refractivity contribution in [2.45, 2.75) is 79.6 Å². The van der Waals surface area contributed by atoms with Crippen LogP contribution in [0.3, 0.4) is 0 Å². The van der Waals surface area contributed by atoms with Crippen molar-refractivity contribution in [1.29, 1.82) is 0 Å². The molecule has 0 radical (unpaired) electrons. The van der Waals surface area contributed by atoms with Gasteiger partial charge in [-0.2, -0.15) is 0 Å². The molecule has 2 fully saturated rings. The van der Waals surface area contributed by atoms with Gasteiger partial charge in [0.2, 0.25) is 0 Å². The van der Waals surface area contributed by atoms with Gasteiger partial charge in [-0.25, -0.2) is 4.79 Å². The number of hydrogen-bond acceptors (Lipinski definition) is 3. The number of fused-ring (bicyclic) bond motifs is 2. The summed E-state index contributed by atoms with van der Waals surface area (Å²) in [7, 11) is 0. The van der Waals surface area contributed by atoms with Gasteiger partial charge in [0, 0.05) is 17.4 Å². The molecule has 6 atom stereocenters. The van der Waals surface area contributed by atoms with Gasteiger partial charge in [0.25, 0.3) is 0 Å². The third-order valence-electron chi connectivity index (χ3n) is 10.1. The molecule has 3 aliphatic carbocycles. The third kappa shape index (κ3) is 3.48. The molecular formula is C30H40O4. The van der Waals surface area contributed by atoms with Crippen LogP contribution in [0, 0.1) is 34.0 Å². The number of hydrogen-bond donors (Lipinski definition) is 1. The predicted molar refractivity (Wildman–Crippen MR) is 135 cm³/mol. The summed E-state index contributed by atoms with van der Waals surface area (Å²) in [5.41, 5.74) is 4.34. The molecule has 0 bridgehead atoms. The summed E-state index contributed by atoms with van der Waals surface area (Å²) in [6.45, 7) is 19.7. The Labute approximate surface area is 204 Å². The van der Waals surface area contributed by atoms with Crippen LogP contribution in [-0.2, 0) is 14.3 Å². The fourth-order valence-electron chi connectivity index (χ4n) is 8.06. The van der Waals surface area contributed by atoms with Crippen molar-refractivity contribution < 1.29 is 19.4 Å². The summed E-state index contributed by atoms with van der Waals surface area (Å²) in [5, 5.41) is 9.50. The van der Waals surface area contributed by atoms with Crippen molar-refractivity contribution >= 4 is 11.9 Å². The monoisotopic (exact) mass is 464 g/mol. The lowest BCUT2D eigenvalue weighted by molar-refractivity contribution is -0.138. The van der Waals surface area contributed by atoms with E-state index in [0.29, 0.717) is 29.6 Å². The molecular weight excluding hydrogens is 424 g/mol. The number of cyclic esters (lactones) is 1. The van der Waals surface area contributed by atoms with Crippen molar-refractivity contribution in [3.05, 3.63) is 59.4 Å². The number of allylic oxidation sites excluding steroid dienone is 6. The molecule has 184 valence electrons. The Kier molecular flexibility index (Phi) is 6.11. The highest BCUT2D eigenvalue weighted by Crippen LogP contribution is 2.73. The van der Waals surface area contributed by atoms with Crippen molar-refractivity contribution in [2.75, 3.05) is 0 Å². The topological polar surface area (TPSA) is 63.6 Å². The second-order valence-electron chi connectivity index (χ2n) is 11.8. The zero-order valence-corrected chi connectivity index (χ0v) is 21.5. The largest absolute Gasteiger partial charge is 0.481 e. The number of carbonyl (C=O) groups excluding carboxylic acids is 1. The first-order valence-electron chi connectivity index (χ1n) is 12.7. The number of carboxylic acid groups (broad SMARTS) is 1. The molecule has 1 heterocycles. The highest BCUT2D eigenvalue weighted by molar-refractivity contribution is 5.92. The number of aliphatic carboxylic acids is 1. The van der Waals surface area contributed by atoms with Gasteiger partial charge >= 0.3 is 11.9 Å². The molecule has 1 aliphatic heterocycles. The van der Waals surface area contributed by atoms with Crippen molar-refractivity contribution in [2.24, 2.45) is 34.0 Å². The predicted octanol–water partition coefficient (Wildman–Crippen LogP) is 7.16. The second-order valence-corrected chi connectivity index (χ2v) is 11.8. The highest BCUT2D eigenvalue weighted by atomic mass is 16.5. The molecule has 4 rings (SSSR count). The molecule has 0 saturated heterocycles. The summed E-state index contributed by atoms with van der Waals surface area (Å²) in [6, 6.07) is 0. The molecule has 4 heteroatoms. The van der Waals surface area contributed by atoms with E-state index < -0.39 is 5.97 Å². The van der Waals surface area contributed by atoms with Gasteiger partial charge in [0.15, 0.2) is 0 Å². The van der Waals surface area contributed by atoms with Crippen LogP contribution in [0.15, 0.2) is 59.4 Å². The van der Waals surface area contributed by atoms with E-state index in [4.69, 9.17) is 4.74 Å². The summed E-state index contributed by atoms with van der Waals surface area (Å²) < 4.78 is 5.49. The first kappa shape index (κ1) is 24.8. The van der Waals surface area contributed by atoms with Gasteiger partial charge in [-0.15, -0.1) is 0 Å². The molecule has 4 nitrogen and oxygen atoms in total. The van der Waals surface area contributed by atoms with E-state index in [1.54, 1.807) is 6.92 Å². The number of carboxylic acids is 1. The second kappa shape index (κ2) is 8.39. The average Bonchev–Trinajstić information content (AvgIpc) is 3.39. The average molecular weight is 465 g/mol. The first-order valence-corrected chi connectivity index (χ1v) is 12.7. The molecule has 2 saturated carbocycles. The summed E-state index contributed by atoms with van der Waals surface area (Å²) >= 11 is 0. The lowest BCUT2D eigenvalue weighted by Gasteiger charge is -2.52. The van der Waals surface area contributed by atoms with Gasteiger partial charge in [-0.1, -0.05) is 56.7 Å². The molecule has 1 spiro atoms. The van der Waals surface area contributed by atoms with Crippen LogP contribution in [-0.4, -0.2) is 17.0 Å². The van der Waals surface area contributed by atoms with Crippen LogP contribution in [0.5, 0.6) is 0 Å². The molecule has 0 aromatic heterocycles. The van der Waals surface area contributed by atoms with Gasteiger partial charge in [0.05, 0.1) is 0 Å².